The van der Waals surface area contributed by atoms with E-state index in [1.807, 2.05) is 0 Å². The Bertz CT molecular complexity index is 1030. The molecule has 27 heavy (non-hydrogen) atoms. The smallest absolute Gasteiger partial charge is 0.298 e. The number of hydrogen-bond acceptors (Lipinski definition) is 5. The van der Waals surface area contributed by atoms with Crippen LogP contribution in [0.1, 0.15) is 37.3 Å². The van der Waals surface area contributed by atoms with Crippen LogP contribution in [0, 0.1) is 11.7 Å². The van der Waals surface area contributed by atoms with Gasteiger partial charge in [0, 0.05) is 37.7 Å². The second-order valence-electron chi connectivity index (χ2n) is 7.62. The lowest BCUT2D eigenvalue weighted by molar-refractivity contribution is 0.342. The summed E-state index contributed by atoms with van der Waals surface area (Å²) in [6, 6.07) is 6.63. The van der Waals surface area contributed by atoms with E-state index in [-0.39, 0.29) is 11.4 Å². The van der Waals surface area contributed by atoms with Crippen LogP contribution in [0.25, 0.3) is 11.1 Å². The summed E-state index contributed by atoms with van der Waals surface area (Å²) in [6.45, 7) is 2.31. The summed E-state index contributed by atoms with van der Waals surface area (Å²) in [7, 11) is 0. The van der Waals surface area contributed by atoms with Crippen molar-refractivity contribution in [3.05, 3.63) is 52.5 Å². The minimum absolute atomic E-state index is 0.0512. The average Bonchev–Trinajstić information content (AvgIpc) is 3.43. The summed E-state index contributed by atoms with van der Waals surface area (Å²) in [5.41, 5.74) is 2.14. The summed E-state index contributed by atoms with van der Waals surface area (Å²) in [5.74, 6) is 0.602. The molecule has 0 amide bonds. The predicted octanol–water partition coefficient (Wildman–Crippen LogP) is 3.32. The number of rotatable bonds is 4. The van der Waals surface area contributed by atoms with Crippen molar-refractivity contribution < 1.29 is 8.81 Å². The number of halogens is 1. The molecule has 2 fully saturated rings. The molecule has 0 N–H and O–H groups in total. The minimum atomic E-state index is -0.323. The molecule has 3 heterocycles. The third-order valence-corrected chi connectivity index (χ3v) is 5.58. The lowest BCUT2D eigenvalue weighted by atomic mass is 9.97. The Morgan fingerprint density at radius 2 is 1.96 bits per heavy atom. The third-order valence-electron chi connectivity index (χ3n) is 5.58. The maximum absolute atomic E-state index is 13.3. The largest absolute Gasteiger partial charge is 0.423 e. The molecule has 2 aromatic heterocycles. The van der Waals surface area contributed by atoms with Crippen molar-refractivity contribution >= 4 is 17.1 Å². The molecule has 7 heteroatoms. The standard InChI is InChI=1S/C20H21FN4O2/c21-15-3-4-16-18(9-15)27-20(23-16)24-7-5-13(6-8-24)11-25-12-22-17(10-19(25)26)14-1-2-14/h3-4,9-10,12-14H,1-2,5-8,11H2. The van der Waals surface area contributed by atoms with Crippen LogP contribution in [-0.2, 0) is 6.54 Å². The molecule has 3 aromatic rings. The van der Waals surface area contributed by atoms with Gasteiger partial charge in [-0.1, -0.05) is 0 Å². The Morgan fingerprint density at radius 3 is 2.70 bits per heavy atom. The van der Waals surface area contributed by atoms with Crippen molar-refractivity contribution in [2.45, 2.75) is 38.1 Å². The molecule has 0 radical (unpaired) electrons. The summed E-state index contributed by atoms with van der Waals surface area (Å²) >= 11 is 0. The Kier molecular flexibility index (Phi) is 3.95. The summed E-state index contributed by atoms with van der Waals surface area (Å²) in [5, 5.41) is 0. The molecule has 0 atom stereocenters. The van der Waals surface area contributed by atoms with E-state index in [2.05, 4.69) is 14.9 Å². The first kappa shape index (κ1) is 16.5. The highest BCUT2D eigenvalue weighted by Gasteiger charge is 2.26. The van der Waals surface area contributed by atoms with Gasteiger partial charge in [-0.05, 0) is 43.7 Å². The molecule has 1 aliphatic carbocycles. The van der Waals surface area contributed by atoms with Crippen molar-refractivity contribution in [2.75, 3.05) is 18.0 Å². The fourth-order valence-corrected chi connectivity index (χ4v) is 3.79. The van der Waals surface area contributed by atoms with Crippen molar-refractivity contribution in [2.24, 2.45) is 5.92 Å². The van der Waals surface area contributed by atoms with Crippen LogP contribution < -0.4 is 10.5 Å². The van der Waals surface area contributed by atoms with Crippen LogP contribution in [0.3, 0.4) is 0 Å². The van der Waals surface area contributed by atoms with Gasteiger partial charge >= 0.3 is 0 Å². The molecule has 0 bridgehead atoms. The second kappa shape index (κ2) is 6.48. The van der Waals surface area contributed by atoms with Crippen LogP contribution in [0.5, 0.6) is 0 Å². The molecular weight excluding hydrogens is 347 g/mol. The molecule has 2 aliphatic rings. The normalized spacial score (nSPS) is 18.3. The highest BCUT2D eigenvalue weighted by Crippen LogP contribution is 2.38. The number of benzene rings is 1. The van der Waals surface area contributed by atoms with Gasteiger partial charge in [0.2, 0.25) is 0 Å². The van der Waals surface area contributed by atoms with Crippen molar-refractivity contribution in [1.82, 2.24) is 14.5 Å². The zero-order chi connectivity index (χ0) is 18.4. The van der Waals surface area contributed by atoms with Crippen molar-refractivity contribution in [3.63, 3.8) is 0 Å². The number of aromatic nitrogens is 3. The molecular formula is C20H21FN4O2. The van der Waals surface area contributed by atoms with E-state index >= 15 is 0 Å². The monoisotopic (exact) mass is 368 g/mol. The number of anilines is 1. The molecule has 1 saturated heterocycles. The lowest BCUT2D eigenvalue weighted by Crippen LogP contribution is -2.36. The fraction of sp³-hybridized carbons (Fsp3) is 0.450. The van der Waals surface area contributed by atoms with E-state index in [4.69, 9.17) is 4.42 Å². The van der Waals surface area contributed by atoms with Crippen LogP contribution in [0.2, 0.25) is 0 Å². The van der Waals surface area contributed by atoms with E-state index in [0.717, 1.165) is 44.5 Å². The van der Waals surface area contributed by atoms with Crippen molar-refractivity contribution in [1.29, 1.82) is 0 Å². The summed E-state index contributed by atoms with van der Waals surface area (Å²) < 4.78 is 20.8. The fourth-order valence-electron chi connectivity index (χ4n) is 3.79. The number of hydrogen-bond donors (Lipinski definition) is 0. The Balaban J connectivity index is 1.24. The second-order valence-corrected chi connectivity index (χ2v) is 7.62. The zero-order valence-electron chi connectivity index (χ0n) is 15.0. The van der Waals surface area contributed by atoms with E-state index in [1.54, 1.807) is 23.0 Å². The summed E-state index contributed by atoms with van der Waals surface area (Å²) in [6.07, 6.45) is 5.90. The van der Waals surface area contributed by atoms with Gasteiger partial charge < -0.3 is 9.32 Å². The number of piperidine rings is 1. The van der Waals surface area contributed by atoms with E-state index in [0.29, 0.717) is 35.5 Å². The van der Waals surface area contributed by atoms with Gasteiger partial charge in [-0.3, -0.25) is 9.36 Å². The van der Waals surface area contributed by atoms with Gasteiger partial charge in [0.25, 0.3) is 11.6 Å². The van der Waals surface area contributed by atoms with Crippen LogP contribution in [0.15, 0.2) is 39.8 Å². The van der Waals surface area contributed by atoms with Gasteiger partial charge in [-0.15, -0.1) is 0 Å². The Hall–Kier alpha value is -2.70. The molecule has 5 rings (SSSR count). The molecule has 0 spiro atoms. The number of nitrogens with zero attached hydrogens (tertiary/aromatic N) is 4. The number of oxazole rings is 1. The lowest BCUT2D eigenvalue weighted by Gasteiger charge is -2.31. The zero-order valence-corrected chi connectivity index (χ0v) is 15.0. The Labute approximate surface area is 155 Å². The van der Waals surface area contributed by atoms with Crippen LogP contribution in [0.4, 0.5) is 10.4 Å². The average molecular weight is 368 g/mol. The maximum atomic E-state index is 13.3. The molecule has 0 unspecified atom stereocenters. The minimum Gasteiger partial charge on any atom is -0.423 e. The highest BCUT2D eigenvalue weighted by molar-refractivity contribution is 5.74. The van der Waals surface area contributed by atoms with Crippen LogP contribution in [-0.4, -0.2) is 27.6 Å². The first-order valence-electron chi connectivity index (χ1n) is 9.53. The van der Waals surface area contributed by atoms with Gasteiger partial charge in [0.1, 0.15) is 11.3 Å². The quantitative estimate of drug-likeness (QED) is 0.707. The van der Waals surface area contributed by atoms with Gasteiger partial charge in [0.15, 0.2) is 5.58 Å². The van der Waals surface area contributed by atoms with Gasteiger partial charge in [0.05, 0.1) is 12.0 Å². The Morgan fingerprint density at radius 1 is 1.15 bits per heavy atom. The first-order chi connectivity index (χ1) is 13.2. The third kappa shape index (κ3) is 3.34. The van der Waals surface area contributed by atoms with E-state index in [1.165, 1.54) is 12.1 Å². The van der Waals surface area contributed by atoms with Crippen LogP contribution >= 0.6 is 0 Å². The van der Waals surface area contributed by atoms with E-state index < -0.39 is 0 Å². The first-order valence-corrected chi connectivity index (χ1v) is 9.53. The number of fused-ring (bicyclic) bond motifs is 1. The van der Waals surface area contributed by atoms with Crippen molar-refractivity contribution in [3.8, 4) is 0 Å². The summed E-state index contributed by atoms with van der Waals surface area (Å²) in [4.78, 5) is 23.3. The molecule has 6 nitrogen and oxygen atoms in total. The predicted molar refractivity (Wildman–Crippen MR) is 99.4 cm³/mol. The molecule has 140 valence electrons. The SMILES string of the molecule is O=c1cc(C2CC2)ncn1CC1CCN(c2nc3ccc(F)cc3o2)CC1. The van der Waals surface area contributed by atoms with Gasteiger partial charge in [-0.2, -0.15) is 4.98 Å². The molecule has 1 saturated carbocycles. The van der Waals surface area contributed by atoms with E-state index in [9.17, 15) is 9.18 Å². The maximum Gasteiger partial charge on any atom is 0.298 e. The van der Waals surface area contributed by atoms with Gasteiger partial charge in [-0.25, -0.2) is 9.37 Å². The highest BCUT2D eigenvalue weighted by atomic mass is 19.1. The molecule has 1 aromatic carbocycles. The molecule has 1 aliphatic heterocycles. The topological polar surface area (TPSA) is 64.2 Å².